The number of halogens is 1. The second-order valence-electron chi connectivity index (χ2n) is 5.31. The van der Waals surface area contributed by atoms with Gasteiger partial charge >= 0.3 is 0 Å². The summed E-state index contributed by atoms with van der Waals surface area (Å²) in [4.78, 5) is 20.1. The van der Waals surface area contributed by atoms with Crippen LogP contribution in [0.25, 0.3) is 0 Å². The van der Waals surface area contributed by atoms with Crippen LogP contribution in [-0.4, -0.2) is 36.0 Å². The molecule has 0 saturated carbocycles. The number of nitrogens with two attached hydrogens (primary N) is 1. The summed E-state index contributed by atoms with van der Waals surface area (Å²) >= 11 is 1.11. The predicted molar refractivity (Wildman–Crippen MR) is 96.9 cm³/mol. The van der Waals surface area contributed by atoms with Crippen LogP contribution in [0.5, 0.6) is 5.75 Å². The Bertz CT molecular complexity index is 922. The zero-order valence-electron chi connectivity index (χ0n) is 14.2. The van der Waals surface area contributed by atoms with Gasteiger partial charge in [0, 0.05) is 12.4 Å². The summed E-state index contributed by atoms with van der Waals surface area (Å²) in [5.74, 6) is 5.75. The van der Waals surface area contributed by atoms with Crippen molar-refractivity contribution in [2.24, 2.45) is 0 Å². The van der Waals surface area contributed by atoms with Crippen molar-refractivity contribution in [3.63, 3.8) is 0 Å². The van der Waals surface area contributed by atoms with Crippen molar-refractivity contribution in [3.8, 4) is 5.75 Å². The van der Waals surface area contributed by atoms with Gasteiger partial charge < -0.3 is 10.6 Å². The monoisotopic (exact) mass is 389 g/mol. The van der Waals surface area contributed by atoms with Gasteiger partial charge in [-0.05, 0) is 25.1 Å². The number of rotatable bonds is 7. The van der Waals surface area contributed by atoms with Gasteiger partial charge in [0.1, 0.15) is 6.61 Å². The van der Waals surface area contributed by atoms with Gasteiger partial charge in [0.15, 0.2) is 17.4 Å². The summed E-state index contributed by atoms with van der Waals surface area (Å²) < 4.78 is 20.1. The fourth-order valence-electron chi connectivity index (χ4n) is 1.98. The first kappa shape index (κ1) is 18.6. The molecular formula is C16H16FN7O2S. The zero-order chi connectivity index (χ0) is 19.2. The highest BCUT2D eigenvalue weighted by Gasteiger charge is 2.20. The van der Waals surface area contributed by atoms with Crippen molar-refractivity contribution in [2.45, 2.75) is 23.9 Å². The molecule has 11 heteroatoms. The highest BCUT2D eigenvalue weighted by atomic mass is 32.2. The van der Waals surface area contributed by atoms with Gasteiger partial charge in [-0.15, -0.1) is 10.2 Å². The first-order valence-corrected chi connectivity index (χ1v) is 8.74. The average molecular weight is 389 g/mol. The molecule has 0 aliphatic heterocycles. The lowest BCUT2D eigenvalue weighted by molar-refractivity contribution is -0.115. The summed E-state index contributed by atoms with van der Waals surface area (Å²) in [6.07, 6.45) is 3.05. The third kappa shape index (κ3) is 4.70. The minimum atomic E-state index is -0.527. The number of carbonyl (C=O) groups is 1. The van der Waals surface area contributed by atoms with Crippen LogP contribution in [0, 0.1) is 5.82 Å². The molecule has 27 heavy (non-hydrogen) atoms. The Morgan fingerprint density at radius 3 is 2.78 bits per heavy atom. The lowest BCUT2D eigenvalue weighted by Crippen LogP contribution is -2.25. The molecule has 0 spiro atoms. The lowest BCUT2D eigenvalue weighted by Gasteiger charge is -2.10. The Morgan fingerprint density at radius 2 is 2.04 bits per heavy atom. The molecule has 0 radical (unpaired) electrons. The Hall–Kier alpha value is -3.21. The number of hydrogen-bond donors (Lipinski definition) is 2. The molecule has 0 aliphatic carbocycles. The van der Waals surface area contributed by atoms with Crippen molar-refractivity contribution in [3.05, 3.63) is 54.4 Å². The van der Waals surface area contributed by atoms with E-state index in [0.29, 0.717) is 11.0 Å². The number of para-hydroxylation sites is 1. The number of carbonyl (C=O) groups excluding carboxylic acids is 1. The van der Waals surface area contributed by atoms with Crippen LogP contribution in [0.1, 0.15) is 12.7 Å². The van der Waals surface area contributed by atoms with Crippen LogP contribution < -0.4 is 15.9 Å². The molecule has 140 valence electrons. The Morgan fingerprint density at radius 1 is 1.30 bits per heavy atom. The van der Waals surface area contributed by atoms with Gasteiger partial charge in [-0.3, -0.25) is 10.1 Å². The van der Waals surface area contributed by atoms with Crippen molar-refractivity contribution in [1.29, 1.82) is 0 Å². The van der Waals surface area contributed by atoms with E-state index < -0.39 is 11.1 Å². The van der Waals surface area contributed by atoms with Crippen LogP contribution in [0.15, 0.2) is 47.9 Å². The van der Waals surface area contributed by atoms with Crippen LogP contribution >= 0.6 is 11.8 Å². The van der Waals surface area contributed by atoms with E-state index in [0.717, 1.165) is 11.8 Å². The van der Waals surface area contributed by atoms with Crippen LogP contribution in [0.3, 0.4) is 0 Å². The van der Waals surface area contributed by atoms with Gasteiger partial charge in [-0.25, -0.2) is 19.0 Å². The van der Waals surface area contributed by atoms with Crippen LogP contribution in [-0.2, 0) is 11.4 Å². The second-order valence-corrected chi connectivity index (χ2v) is 6.62. The fourth-order valence-corrected chi connectivity index (χ4v) is 2.77. The average Bonchev–Trinajstić information content (AvgIpc) is 3.01. The minimum Gasteiger partial charge on any atom is -0.482 e. The van der Waals surface area contributed by atoms with Gasteiger partial charge in [-0.2, -0.15) is 0 Å². The third-order valence-corrected chi connectivity index (χ3v) is 4.44. The third-order valence-electron chi connectivity index (χ3n) is 3.38. The van der Waals surface area contributed by atoms with Gasteiger partial charge in [0.2, 0.25) is 17.0 Å². The standard InChI is InChI=1S/C16H16FN7O2S/c1-10(14(25)21-15-19-7-4-8-20-15)27-16-23-22-13(24(16)18)9-26-12-6-3-2-5-11(12)17/h2-8,10H,9,18H2,1H3,(H,19,20,21,25)/t10-/m0/s1. The molecule has 0 saturated heterocycles. The number of aromatic nitrogens is 5. The van der Waals surface area contributed by atoms with E-state index in [1.54, 1.807) is 25.1 Å². The van der Waals surface area contributed by atoms with Gasteiger partial charge in [0.05, 0.1) is 5.25 Å². The molecule has 1 atom stereocenters. The fraction of sp³-hybridized carbons (Fsp3) is 0.188. The summed E-state index contributed by atoms with van der Waals surface area (Å²) in [7, 11) is 0. The van der Waals surface area contributed by atoms with E-state index in [4.69, 9.17) is 10.6 Å². The quantitative estimate of drug-likeness (QED) is 0.462. The second kappa shape index (κ2) is 8.45. The number of amides is 1. The van der Waals surface area contributed by atoms with E-state index in [9.17, 15) is 9.18 Å². The highest BCUT2D eigenvalue weighted by molar-refractivity contribution is 8.00. The lowest BCUT2D eigenvalue weighted by atomic mass is 10.3. The molecule has 1 aromatic carbocycles. The SMILES string of the molecule is C[C@H](Sc1nnc(COc2ccccc2F)n1N)C(=O)Nc1ncccn1. The number of hydrogen-bond acceptors (Lipinski definition) is 8. The van der Waals surface area contributed by atoms with Crippen molar-refractivity contribution < 1.29 is 13.9 Å². The number of nitrogen functional groups attached to an aromatic ring is 1. The summed E-state index contributed by atoms with van der Waals surface area (Å²) in [5.41, 5.74) is 0. The van der Waals surface area contributed by atoms with E-state index >= 15 is 0 Å². The molecule has 2 aromatic heterocycles. The molecule has 0 aliphatic rings. The predicted octanol–water partition coefficient (Wildman–Crippen LogP) is 1.62. The Balaban J connectivity index is 1.59. The maximum absolute atomic E-state index is 13.6. The van der Waals surface area contributed by atoms with E-state index in [2.05, 4.69) is 25.5 Å². The maximum Gasteiger partial charge on any atom is 0.240 e. The zero-order valence-corrected chi connectivity index (χ0v) is 15.1. The first-order chi connectivity index (χ1) is 13.0. The topological polar surface area (TPSA) is 121 Å². The van der Waals surface area contributed by atoms with Crippen LogP contribution in [0.4, 0.5) is 10.3 Å². The van der Waals surface area contributed by atoms with Gasteiger partial charge in [-0.1, -0.05) is 23.9 Å². The number of anilines is 1. The van der Waals surface area contributed by atoms with Crippen molar-refractivity contribution in [1.82, 2.24) is 24.8 Å². The molecule has 0 unspecified atom stereocenters. The highest BCUT2D eigenvalue weighted by Crippen LogP contribution is 2.22. The number of benzene rings is 1. The van der Waals surface area contributed by atoms with E-state index in [-0.39, 0.29) is 24.2 Å². The largest absolute Gasteiger partial charge is 0.482 e. The minimum absolute atomic E-state index is 0.0660. The number of nitrogens with zero attached hydrogens (tertiary/aromatic N) is 5. The molecule has 0 bridgehead atoms. The van der Waals surface area contributed by atoms with Crippen LogP contribution in [0.2, 0.25) is 0 Å². The number of thioether (sulfide) groups is 1. The van der Waals surface area contributed by atoms with Gasteiger partial charge in [0.25, 0.3) is 0 Å². The number of nitrogens with one attached hydrogen (secondary N) is 1. The molecule has 2 heterocycles. The van der Waals surface area contributed by atoms with E-state index in [1.807, 2.05) is 0 Å². The van der Waals surface area contributed by atoms with Crippen molar-refractivity contribution >= 4 is 23.6 Å². The molecule has 9 nitrogen and oxygen atoms in total. The normalized spacial score (nSPS) is 11.8. The smallest absolute Gasteiger partial charge is 0.240 e. The summed E-state index contributed by atoms with van der Waals surface area (Å²) in [6.45, 7) is 1.62. The molecule has 0 fully saturated rings. The number of ether oxygens (including phenoxy) is 1. The molecule has 3 aromatic rings. The Kier molecular flexibility index (Phi) is 5.81. The first-order valence-electron chi connectivity index (χ1n) is 7.86. The molecular weight excluding hydrogens is 373 g/mol. The molecule has 3 N–H and O–H groups in total. The summed E-state index contributed by atoms with van der Waals surface area (Å²) in [5, 5.41) is 10.3. The molecule has 3 rings (SSSR count). The van der Waals surface area contributed by atoms with E-state index in [1.165, 1.54) is 29.2 Å². The Labute approximate surface area is 158 Å². The molecule has 1 amide bonds. The van der Waals surface area contributed by atoms with Crippen molar-refractivity contribution in [2.75, 3.05) is 11.2 Å². The maximum atomic E-state index is 13.6. The summed E-state index contributed by atoms with van der Waals surface area (Å²) in [6, 6.07) is 7.66.